The third kappa shape index (κ3) is 3.37. The summed E-state index contributed by atoms with van der Waals surface area (Å²) in [6.07, 6.45) is 4.67. The molecule has 0 spiro atoms. The fourth-order valence-corrected chi connectivity index (χ4v) is 2.65. The average Bonchev–Trinajstić information content (AvgIpc) is 2.47. The summed E-state index contributed by atoms with van der Waals surface area (Å²) in [6, 6.07) is 0.581. The molecule has 1 saturated heterocycles. The number of hydrazine groups is 1. The van der Waals surface area contributed by atoms with Gasteiger partial charge in [0.25, 0.3) is 0 Å². The van der Waals surface area contributed by atoms with Crippen LogP contribution >= 0.6 is 0 Å². The van der Waals surface area contributed by atoms with Gasteiger partial charge in [0.15, 0.2) is 0 Å². The summed E-state index contributed by atoms with van der Waals surface area (Å²) in [6.45, 7) is 6.14. The maximum absolute atomic E-state index is 5.53. The first kappa shape index (κ1) is 15.0. The quantitative estimate of drug-likeness (QED) is 0.560. The van der Waals surface area contributed by atoms with E-state index >= 15 is 0 Å². The van der Waals surface area contributed by atoms with Gasteiger partial charge in [-0.1, -0.05) is 13.3 Å². The number of piperidine rings is 1. The molecule has 1 aromatic heterocycles. The summed E-state index contributed by atoms with van der Waals surface area (Å²) in [4.78, 5) is 11.4. The molecular formula is C14H26N6. The first-order valence-corrected chi connectivity index (χ1v) is 7.44. The molecule has 1 aliphatic heterocycles. The van der Waals surface area contributed by atoms with Crippen molar-refractivity contribution in [3.63, 3.8) is 0 Å². The van der Waals surface area contributed by atoms with E-state index in [9.17, 15) is 0 Å². The Morgan fingerprint density at radius 1 is 1.30 bits per heavy atom. The van der Waals surface area contributed by atoms with E-state index in [1.165, 1.54) is 25.8 Å². The molecule has 6 heteroatoms. The summed E-state index contributed by atoms with van der Waals surface area (Å²) in [5.74, 6) is 7.93. The Morgan fingerprint density at radius 2 is 2.05 bits per heavy atom. The maximum Gasteiger partial charge on any atom is 0.148 e. The van der Waals surface area contributed by atoms with E-state index in [-0.39, 0.29) is 0 Å². The van der Waals surface area contributed by atoms with Gasteiger partial charge in [-0.25, -0.2) is 15.8 Å². The zero-order chi connectivity index (χ0) is 14.5. The van der Waals surface area contributed by atoms with Crippen LogP contribution in [-0.4, -0.2) is 41.0 Å². The number of rotatable bonds is 5. The number of likely N-dealkylation sites (tertiary alicyclic amines) is 1. The lowest BCUT2D eigenvalue weighted by atomic mass is 10.0. The van der Waals surface area contributed by atoms with E-state index < -0.39 is 0 Å². The van der Waals surface area contributed by atoms with Gasteiger partial charge >= 0.3 is 0 Å². The lowest BCUT2D eigenvalue weighted by molar-refractivity contribution is 0.194. The van der Waals surface area contributed by atoms with Gasteiger partial charge in [-0.05, 0) is 33.4 Å². The Balaban J connectivity index is 2.08. The van der Waals surface area contributed by atoms with Gasteiger partial charge in [-0.3, -0.25) is 0 Å². The van der Waals surface area contributed by atoms with Crippen molar-refractivity contribution in [3.05, 3.63) is 11.4 Å². The predicted molar refractivity (Wildman–Crippen MR) is 82.7 cm³/mol. The van der Waals surface area contributed by atoms with E-state index in [4.69, 9.17) is 5.84 Å². The molecule has 1 unspecified atom stereocenters. The Kier molecular flexibility index (Phi) is 5.14. The van der Waals surface area contributed by atoms with Crippen LogP contribution in [0, 0.1) is 6.92 Å². The van der Waals surface area contributed by atoms with Crippen LogP contribution in [0.25, 0.3) is 0 Å². The van der Waals surface area contributed by atoms with Gasteiger partial charge < -0.3 is 15.6 Å². The SMILES string of the molecule is CCc1nc(NN)c(C)c(NCC2CCCCN2C)n1. The molecule has 20 heavy (non-hydrogen) atoms. The number of aryl methyl sites for hydroxylation is 1. The van der Waals surface area contributed by atoms with Crippen LogP contribution in [0.3, 0.4) is 0 Å². The highest BCUT2D eigenvalue weighted by Crippen LogP contribution is 2.21. The molecule has 1 aliphatic rings. The molecular weight excluding hydrogens is 252 g/mol. The predicted octanol–water partition coefficient (Wildman–Crippen LogP) is 1.53. The normalized spacial score (nSPS) is 19.9. The van der Waals surface area contributed by atoms with E-state index in [1.54, 1.807) is 0 Å². The molecule has 6 nitrogen and oxygen atoms in total. The Bertz CT molecular complexity index is 448. The highest BCUT2D eigenvalue weighted by molar-refractivity contribution is 5.56. The highest BCUT2D eigenvalue weighted by Gasteiger charge is 2.19. The second-order valence-corrected chi connectivity index (χ2v) is 5.47. The van der Waals surface area contributed by atoms with Crippen molar-refractivity contribution in [1.82, 2.24) is 14.9 Å². The van der Waals surface area contributed by atoms with E-state index in [2.05, 4.69) is 32.7 Å². The van der Waals surface area contributed by atoms with Crippen molar-refractivity contribution in [3.8, 4) is 0 Å². The lowest BCUT2D eigenvalue weighted by Gasteiger charge is -2.32. The summed E-state index contributed by atoms with van der Waals surface area (Å²) < 4.78 is 0. The number of anilines is 2. The number of hydrogen-bond donors (Lipinski definition) is 3. The molecule has 4 N–H and O–H groups in total. The number of nitrogen functional groups attached to an aromatic ring is 1. The van der Waals surface area contributed by atoms with Crippen LogP contribution in [0.15, 0.2) is 0 Å². The number of nitrogens with zero attached hydrogens (tertiary/aromatic N) is 3. The maximum atomic E-state index is 5.53. The molecule has 0 radical (unpaired) electrons. The Hall–Kier alpha value is -1.40. The molecule has 0 aliphatic carbocycles. The van der Waals surface area contributed by atoms with Crippen LogP contribution in [0.5, 0.6) is 0 Å². The molecule has 112 valence electrons. The third-order valence-electron chi connectivity index (χ3n) is 4.07. The number of nitrogens with one attached hydrogen (secondary N) is 2. The number of nitrogens with two attached hydrogens (primary N) is 1. The first-order valence-electron chi connectivity index (χ1n) is 7.44. The standard InChI is InChI=1S/C14H26N6/c1-4-12-17-13(10(2)14(18-12)19-15)16-9-11-7-5-6-8-20(11)3/h11H,4-9,15H2,1-3H3,(H2,16,17,18,19). The van der Waals surface area contributed by atoms with Crippen LogP contribution in [0.1, 0.15) is 37.6 Å². The van der Waals surface area contributed by atoms with Gasteiger partial charge in [0.05, 0.1) is 0 Å². The Labute approximate surface area is 121 Å². The van der Waals surface area contributed by atoms with Crippen molar-refractivity contribution in [2.24, 2.45) is 5.84 Å². The molecule has 0 amide bonds. The van der Waals surface area contributed by atoms with Crippen molar-refractivity contribution < 1.29 is 0 Å². The first-order chi connectivity index (χ1) is 9.65. The molecule has 0 bridgehead atoms. The topological polar surface area (TPSA) is 79.1 Å². The number of likely N-dealkylation sites (N-methyl/N-ethyl adjacent to an activating group) is 1. The Morgan fingerprint density at radius 3 is 2.70 bits per heavy atom. The number of hydrogen-bond acceptors (Lipinski definition) is 6. The average molecular weight is 278 g/mol. The second kappa shape index (κ2) is 6.85. The molecule has 0 saturated carbocycles. The zero-order valence-electron chi connectivity index (χ0n) is 12.7. The van der Waals surface area contributed by atoms with Crippen LogP contribution < -0.4 is 16.6 Å². The third-order valence-corrected chi connectivity index (χ3v) is 4.07. The fraction of sp³-hybridized carbons (Fsp3) is 0.714. The molecule has 0 aromatic carbocycles. The van der Waals surface area contributed by atoms with Gasteiger partial charge in [0.1, 0.15) is 17.5 Å². The van der Waals surface area contributed by atoms with Crippen molar-refractivity contribution in [1.29, 1.82) is 0 Å². The molecule has 1 fully saturated rings. The second-order valence-electron chi connectivity index (χ2n) is 5.47. The fourth-order valence-electron chi connectivity index (χ4n) is 2.65. The van der Waals surface area contributed by atoms with Crippen molar-refractivity contribution in [2.75, 3.05) is 30.9 Å². The molecule has 1 aromatic rings. The minimum absolute atomic E-state index is 0.581. The summed E-state index contributed by atoms with van der Waals surface area (Å²) in [7, 11) is 2.20. The minimum Gasteiger partial charge on any atom is -0.368 e. The minimum atomic E-state index is 0.581. The summed E-state index contributed by atoms with van der Waals surface area (Å²) in [5, 5.41) is 3.47. The van der Waals surface area contributed by atoms with Crippen molar-refractivity contribution >= 4 is 11.6 Å². The van der Waals surface area contributed by atoms with Crippen LogP contribution in [-0.2, 0) is 6.42 Å². The molecule has 2 rings (SSSR count). The monoisotopic (exact) mass is 278 g/mol. The van der Waals surface area contributed by atoms with E-state index in [1.807, 2.05) is 13.8 Å². The zero-order valence-corrected chi connectivity index (χ0v) is 12.7. The largest absolute Gasteiger partial charge is 0.368 e. The van der Waals surface area contributed by atoms with E-state index in [0.29, 0.717) is 11.9 Å². The van der Waals surface area contributed by atoms with Gasteiger partial charge in [-0.15, -0.1) is 0 Å². The number of aromatic nitrogens is 2. The lowest BCUT2D eigenvalue weighted by Crippen LogP contribution is -2.41. The van der Waals surface area contributed by atoms with Gasteiger partial charge in [-0.2, -0.15) is 0 Å². The van der Waals surface area contributed by atoms with Gasteiger partial charge in [0, 0.05) is 24.6 Å². The smallest absolute Gasteiger partial charge is 0.148 e. The van der Waals surface area contributed by atoms with Crippen molar-refractivity contribution in [2.45, 2.75) is 45.6 Å². The highest BCUT2D eigenvalue weighted by atomic mass is 15.3. The molecule has 2 heterocycles. The molecule has 1 atom stereocenters. The van der Waals surface area contributed by atoms with E-state index in [0.717, 1.165) is 30.2 Å². The van der Waals surface area contributed by atoms with Crippen LogP contribution in [0.2, 0.25) is 0 Å². The summed E-state index contributed by atoms with van der Waals surface area (Å²) >= 11 is 0. The van der Waals surface area contributed by atoms with Gasteiger partial charge in [0.2, 0.25) is 0 Å². The summed E-state index contributed by atoms with van der Waals surface area (Å²) in [5.41, 5.74) is 3.63. The van der Waals surface area contributed by atoms with Crippen LogP contribution in [0.4, 0.5) is 11.6 Å².